The van der Waals surface area contributed by atoms with Gasteiger partial charge in [0.05, 0.1) is 4.88 Å². The van der Waals surface area contributed by atoms with Gasteiger partial charge in [-0.25, -0.2) is 0 Å². The number of para-hydroxylation sites is 1. The summed E-state index contributed by atoms with van der Waals surface area (Å²) in [6, 6.07) is 15.8. The van der Waals surface area contributed by atoms with Gasteiger partial charge in [-0.15, -0.1) is 22.7 Å². The molecule has 3 rings (SSSR count). The van der Waals surface area contributed by atoms with E-state index in [0.29, 0.717) is 0 Å². The maximum absolute atomic E-state index is 12.3. The predicted octanol–water partition coefficient (Wildman–Crippen LogP) is 5.04. The Labute approximate surface area is 125 Å². The lowest BCUT2D eigenvalue weighted by Gasteiger charge is -2.09. The Kier molecular flexibility index (Phi) is 3.67. The average Bonchev–Trinajstić information content (AvgIpc) is 3.10. The molecule has 2 aromatic heterocycles. The van der Waals surface area contributed by atoms with Crippen LogP contribution in [0.1, 0.15) is 14.5 Å². The molecule has 1 amide bonds. The summed E-state index contributed by atoms with van der Waals surface area (Å²) in [6.45, 7) is 2.00. The monoisotopic (exact) mass is 299 g/mol. The summed E-state index contributed by atoms with van der Waals surface area (Å²) < 4.78 is 0. The average molecular weight is 299 g/mol. The topological polar surface area (TPSA) is 29.1 Å². The van der Waals surface area contributed by atoms with Crippen LogP contribution in [-0.4, -0.2) is 5.91 Å². The lowest BCUT2D eigenvalue weighted by Crippen LogP contribution is -2.10. The highest BCUT2D eigenvalue weighted by Crippen LogP contribution is 2.31. The molecule has 0 atom stereocenters. The van der Waals surface area contributed by atoms with Gasteiger partial charge in [0.25, 0.3) is 5.91 Å². The summed E-state index contributed by atoms with van der Waals surface area (Å²) in [5.41, 5.74) is 1.91. The number of aryl methyl sites for hydroxylation is 1. The number of anilines is 1. The van der Waals surface area contributed by atoms with E-state index in [-0.39, 0.29) is 5.91 Å². The van der Waals surface area contributed by atoms with E-state index in [4.69, 9.17) is 0 Å². The zero-order valence-corrected chi connectivity index (χ0v) is 12.6. The molecule has 0 fully saturated rings. The summed E-state index contributed by atoms with van der Waals surface area (Å²) in [7, 11) is 0. The molecule has 2 heterocycles. The van der Waals surface area contributed by atoms with Gasteiger partial charge in [-0.2, -0.15) is 0 Å². The molecule has 1 N–H and O–H groups in total. The third kappa shape index (κ3) is 2.66. The van der Waals surface area contributed by atoms with Gasteiger partial charge in [0.1, 0.15) is 0 Å². The lowest BCUT2D eigenvalue weighted by atomic mass is 10.1. The fourth-order valence-corrected chi connectivity index (χ4v) is 3.51. The molecule has 0 bridgehead atoms. The summed E-state index contributed by atoms with van der Waals surface area (Å²) in [5.74, 6) is -0.0490. The second-order valence-electron chi connectivity index (χ2n) is 4.39. The molecule has 1 aromatic carbocycles. The lowest BCUT2D eigenvalue weighted by molar-refractivity contribution is 0.103. The van der Waals surface area contributed by atoms with Gasteiger partial charge in [0, 0.05) is 21.0 Å². The van der Waals surface area contributed by atoms with Crippen molar-refractivity contribution in [1.82, 2.24) is 0 Å². The second-order valence-corrected chi connectivity index (χ2v) is 6.62. The highest BCUT2D eigenvalue weighted by Gasteiger charge is 2.11. The Morgan fingerprint density at radius 3 is 2.60 bits per heavy atom. The van der Waals surface area contributed by atoms with E-state index in [0.717, 1.165) is 25.9 Å². The maximum Gasteiger partial charge on any atom is 0.265 e. The molecular weight excluding hydrogens is 286 g/mol. The summed E-state index contributed by atoms with van der Waals surface area (Å²) >= 11 is 3.18. The number of nitrogens with one attached hydrogen (secondary N) is 1. The molecule has 0 saturated heterocycles. The standard InChI is InChI=1S/C16H13NOS2/c1-11-8-9-15(20-11)16(18)17-13-6-3-2-5-12(13)14-7-4-10-19-14/h2-10H,1H3,(H,17,18). The Bertz CT molecular complexity index is 729. The molecule has 0 aliphatic heterocycles. The van der Waals surface area contributed by atoms with E-state index < -0.39 is 0 Å². The second kappa shape index (κ2) is 5.61. The van der Waals surface area contributed by atoms with Crippen LogP contribution in [0.4, 0.5) is 5.69 Å². The summed E-state index contributed by atoms with van der Waals surface area (Å²) in [6.07, 6.45) is 0. The van der Waals surface area contributed by atoms with E-state index in [2.05, 4.69) is 11.4 Å². The van der Waals surface area contributed by atoms with Crippen molar-refractivity contribution in [2.24, 2.45) is 0 Å². The van der Waals surface area contributed by atoms with Crippen molar-refractivity contribution in [3.63, 3.8) is 0 Å². The molecule has 3 aromatic rings. The third-order valence-electron chi connectivity index (χ3n) is 2.93. The van der Waals surface area contributed by atoms with Gasteiger partial charge in [-0.3, -0.25) is 4.79 Å². The van der Waals surface area contributed by atoms with Gasteiger partial charge in [-0.05, 0) is 36.6 Å². The first-order valence-electron chi connectivity index (χ1n) is 6.25. The molecule has 0 aliphatic rings. The first-order chi connectivity index (χ1) is 9.74. The number of hydrogen-bond acceptors (Lipinski definition) is 3. The van der Waals surface area contributed by atoms with Crippen LogP contribution >= 0.6 is 22.7 Å². The number of benzene rings is 1. The van der Waals surface area contributed by atoms with Crippen molar-refractivity contribution in [2.45, 2.75) is 6.92 Å². The normalized spacial score (nSPS) is 10.4. The molecule has 4 heteroatoms. The van der Waals surface area contributed by atoms with Crippen LogP contribution in [0.5, 0.6) is 0 Å². The molecule has 0 radical (unpaired) electrons. The zero-order valence-electron chi connectivity index (χ0n) is 10.9. The third-order valence-corrected chi connectivity index (χ3v) is 4.83. The number of hydrogen-bond donors (Lipinski definition) is 1. The van der Waals surface area contributed by atoms with E-state index >= 15 is 0 Å². The Morgan fingerprint density at radius 2 is 1.90 bits per heavy atom. The first kappa shape index (κ1) is 13.1. The van der Waals surface area contributed by atoms with Gasteiger partial charge < -0.3 is 5.32 Å². The van der Waals surface area contributed by atoms with Gasteiger partial charge >= 0.3 is 0 Å². The molecule has 0 unspecified atom stereocenters. The van der Waals surface area contributed by atoms with E-state index in [9.17, 15) is 4.79 Å². The van der Waals surface area contributed by atoms with Crippen molar-refractivity contribution < 1.29 is 4.79 Å². The predicted molar refractivity (Wildman–Crippen MR) is 86.8 cm³/mol. The fourth-order valence-electron chi connectivity index (χ4n) is 1.98. The van der Waals surface area contributed by atoms with Crippen LogP contribution in [0, 0.1) is 6.92 Å². The minimum absolute atomic E-state index is 0.0490. The number of rotatable bonds is 3. The van der Waals surface area contributed by atoms with Crippen molar-refractivity contribution in [3.05, 3.63) is 63.7 Å². The van der Waals surface area contributed by atoms with Gasteiger partial charge in [0.2, 0.25) is 0 Å². The SMILES string of the molecule is Cc1ccc(C(=O)Nc2ccccc2-c2cccs2)s1. The molecule has 0 spiro atoms. The van der Waals surface area contributed by atoms with Gasteiger partial charge in [-0.1, -0.05) is 24.3 Å². The minimum Gasteiger partial charge on any atom is -0.321 e. The summed E-state index contributed by atoms with van der Waals surface area (Å²) in [5, 5.41) is 5.04. The Hall–Kier alpha value is -1.91. The van der Waals surface area contributed by atoms with Crippen LogP contribution in [0.3, 0.4) is 0 Å². The first-order valence-corrected chi connectivity index (χ1v) is 7.94. The van der Waals surface area contributed by atoms with Crippen molar-refractivity contribution >= 4 is 34.3 Å². The Morgan fingerprint density at radius 1 is 1.05 bits per heavy atom. The fraction of sp³-hybridized carbons (Fsp3) is 0.0625. The number of thiophene rings is 2. The number of amides is 1. The van der Waals surface area contributed by atoms with Crippen LogP contribution < -0.4 is 5.32 Å². The molecular formula is C16H13NOS2. The molecule has 100 valence electrons. The van der Waals surface area contributed by atoms with Crippen molar-refractivity contribution in [3.8, 4) is 10.4 Å². The quantitative estimate of drug-likeness (QED) is 0.721. The largest absolute Gasteiger partial charge is 0.321 e. The van der Waals surface area contributed by atoms with Crippen LogP contribution in [0.15, 0.2) is 53.9 Å². The van der Waals surface area contributed by atoms with E-state index in [1.165, 1.54) is 11.3 Å². The number of carbonyl (C=O) groups excluding carboxylic acids is 1. The van der Waals surface area contributed by atoms with Gasteiger partial charge in [0.15, 0.2) is 0 Å². The van der Waals surface area contributed by atoms with E-state index in [1.807, 2.05) is 54.8 Å². The zero-order chi connectivity index (χ0) is 13.9. The van der Waals surface area contributed by atoms with Crippen molar-refractivity contribution in [1.29, 1.82) is 0 Å². The molecule has 20 heavy (non-hydrogen) atoms. The van der Waals surface area contributed by atoms with Crippen molar-refractivity contribution in [2.75, 3.05) is 5.32 Å². The Balaban J connectivity index is 1.90. The van der Waals surface area contributed by atoms with Crippen LogP contribution in [-0.2, 0) is 0 Å². The number of carbonyl (C=O) groups is 1. The highest BCUT2D eigenvalue weighted by atomic mass is 32.1. The minimum atomic E-state index is -0.0490. The summed E-state index contributed by atoms with van der Waals surface area (Å²) in [4.78, 5) is 15.3. The maximum atomic E-state index is 12.3. The molecule has 0 saturated carbocycles. The molecule has 2 nitrogen and oxygen atoms in total. The molecule has 0 aliphatic carbocycles. The van der Waals surface area contributed by atoms with E-state index in [1.54, 1.807) is 11.3 Å². The van der Waals surface area contributed by atoms with Crippen LogP contribution in [0.25, 0.3) is 10.4 Å². The smallest absolute Gasteiger partial charge is 0.265 e. The van der Waals surface area contributed by atoms with Crippen LogP contribution in [0.2, 0.25) is 0 Å². The highest BCUT2D eigenvalue weighted by molar-refractivity contribution is 7.14.